The van der Waals surface area contributed by atoms with Gasteiger partial charge in [0.2, 0.25) is 10.0 Å². The van der Waals surface area contributed by atoms with Crippen LogP contribution in [0.3, 0.4) is 0 Å². The lowest BCUT2D eigenvalue weighted by Crippen LogP contribution is -2.27. The van der Waals surface area contributed by atoms with Crippen LogP contribution >= 0.6 is 11.8 Å². The molecule has 0 unspecified atom stereocenters. The molecule has 0 fully saturated rings. The maximum atomic E-state index is 13.4. The highest BCUT2D eigenvalue weighted by atomic mass is 32.2. The van der Waals surface area contributed by atoms with Gasteiger partial charge in [-0.1, -0.05) is 12.0 Å². The lowest BCUT2D eigenvalue weighted by Gasteiger charge is -2.09. The van der Waals surface area contributed by atoms with Crippen molar-refractivity contribution >= 4 is 27.5 Å². The molecule has 0 aromatic heterocycles. The monoisotopic (exact) mass is 288 g/mol. The molecule has 1 rings (SSSR count). The first-order valence-electron chi connectivity index (χ1n) is 5.04. The minimum atomic E-state index is -3.92. The summed E-state index contributed by atoms with van der Waals surface area (Å²) < 4.78 is 39.4. The quantitative estimate of drug-likeness (QED) is 0.466. The number of nitrogens with one attached hydrogen (secondary N) is 1. The van der Waals surface area contributed by atoms with E-state index in [0.717, 1.165) is 6.07 Å². The number of anilines is 1. The average Bonchev–Trinajstić information content (AvgIpc) is 2.28. The normalized spacial score (nSPS) is 11.1. The molecule has 0 bridgehead atoms. The fourth-order valence-electron chi connectivity index (χ4n) is 1.26. The minimum absolute atomic E-state index is 0.112. The second-order valence-corrected chi connectivity index (χ2v) is 6.12. The summed E-state index contributed by atoms with van der Waals surface area (Å²) in [6.07, 6.45) is 5.05. The lowest BCUT2D eigenvalue weighted by molar-refractivity contribution is 0.560. The van der Waals surface area contributed by atoms with Gasteiger partial charge in [0, 0.05) is 12.3 Å². The third-order valence-electron chi connectivity index (χ3n) is 1.99. The van der Waals surface area contributed by atoms with Gasteiger partial charge in [0.25, 0.3) is 0 Å². The summed E-state index contributed by atoms with van der Waals surface area (Å²) in [5, 5.41) is 0. The SMILES string of the molecule is C#CCSCCNS(=O)(=O)c1c(N)cccc1F. The molecule has 3 N–H and O–H groups in total. The maximum Gasteiger partial charge on any atom is 0.245 e. The number of rotatable bonds is 6. The molecular weight excluding hydrogens is 275 g/mol. The third kappa shape index (κ3) is 3.91. The Morgan fingerprint density at radius 1 is 1.50 bits per heavy atom. The molecule has 0 aliphatic heterocycles. The fourth-order valence-corrected chi connectivity index (χ4v) is 3.12. The van der Waals surface area contributed by atoms with Gasteiger partial charge in [0.1, 0.15) is 10.7 Å². The van der Waals surface area contributed by atoms with Crippen molar-refractivity contribution in [3.8, 4) is 12.3 Å². The molecule has 0 saturated carbocycles. The topological polar surface area (TPSA) is 72.2 Å². The first-order valence-corrected chi connectivity index (χ1v) is 7.67. The van der Waals surface area contributed by atoms with Crippen LogP contribution in [0.5, 0.6) is 0 Å². The molecule has 7 heteroatoms. The van der Waals surface area contributed by atoms with Crippen LogP contribution in [-0.4, -0.2) is 26.5 Å². The number of terminal acetylenes is 1. The van der Waals surface area contributed by atoms with E-state index in [1.54, 1.807) is 0 Å². The van der Waals surface area contributed by atoms with E-state index >= 15 is 0 Å². The number of halogens is 1. The third-order valence-corrected chi connectivity index (χ3v) is 4.41. The van der Waals surface area contributed by atoms with E-state index in [9.17, 15) is 12.8 Å². The predicted octanol–water partition coefficient (Wildman–Crippen LogP) is 1.05. The van der Waals surface area contributed by atoms with Crippen molar-refractivity contribution in [1.29, 1.82) is 0 Å². The Morgan fingerprint density at radius 3 is 2.83 bits per heavy atom. The standard InChI is InChI=1S/C11H13FN2O2S2/c1-2-7-17-8-6-14-18(15,16)11-9(12)4-3-5-10(11)13/h1,3-5,14H,6-8,13H2. The van der Waals surface area contributed by atoms with Crippen molar-refractivity contribution in [2.75, 3.05) is 23.8 Å². The van der Waals surface area contributed by atoms with E-state index in [0.29, 0.717) is 11.5 Å². The van der Waals surface area contributed by atoms with E-state index in [1.165, 1.54) is 23.9 Å². The Hall–Kier alpha value is -1.23. The van der Waals surface area contributed by atoms with Crippen LogP contribution in [0.4, 0.5) is 10.1 Å². The van der Waals surface area contributed by atoms with Gasteiger partial charge in [-0.3, -0.25) is 0 Å². The van der Waals surface area contributed by atoms with Crippen molar-refractivity contribution in [3.05, 3.63) is 24.0 Å². The van der Waals surface area contributed by atoms with Crippen molar-refractivity contribution in [3.63, 3.8) is 0 Å². The van der Waals surface area contributed by atoms with E-state index in [1.807, 2.05) is 0 Å². The molecule has 0 spiro atoms. The summed E-state index contributed by atoms with van der Waals surface area (Å²) in [6, 6.07) is 3.75. The second kappa shape index (κ2) is 6.64. The lowest BCUT2D eigenvalue weighted by atomic mass is 10.3. The van der Waals surface area contributed by atoms with E-state index < -0.39 is 20.7 Å². The molecule has 4 nitrogen and oxygen atoms in total. The van der Waals surface area contributed by atoms with Crippen molar-refractivity contribution in [1.82, 2.24) is 4.72 Å². The van der Waals surface area contributed by atoms with Gasteiger partial charge in [-0.2, -0.15) is 0 Å². The van der Waals surface area contributed by atoms with Gasteiger partial charge in [-0.05, 0) is 12.1 Å². The van der Waals surface area contributed by atoms with Crippen LogP contribution in [0.25, 0.3) is 0 Å². The predicted molar refractivity (Wildman–Crippen MR) is 72.2 cm³/mol. The zero-order valence-electron chi connectivity index (χ0n) is 9.52. The molecule has 18 heavy (non-hydrogen) atoms. The van der Waals surface area contributed by atoms with Gasteiger partial charge >= 0.3 is 0 Å². The first-order chi connectivity index (χ1) is 8.49. The molecule has 0 atom stereocenters. The Kier molecular flexibility index (Phi) is 5.47. The molecule has 1 aromatic carbocycles. The highest BCUT2D eigenvalue weighted by Crippen LogP contribution is 2.21. The molecule has 98 valence electrons. The minimum Gasteiger partial charge on any atom is -0.398 e. The van der Waals surface area contributed by atoms with Gasteiger partial charge in [0.05, 0.1) is 11.4 Å². The molecule has 0 heterocycles. The second-order valence-electron chi connectivity index (χ2n) is 3.31. The number of thioether (sulfide) groups is 1. The number of sulfonamides is 1. The largest absolute Gasteiger partial charge is 0.398 e. The van der Waals surface area contributed by atoms with Gasteiger partial charge in [0.15, 0.2) is 0 Å². The van der Waals surface area contributed by atoms with Crippen LogP contribution in [0.2, 0.25) is 0 Å². The number of hydrogen-bond donors (Lipinski definition) is 2. The summed E-state index contributed by atoms with van der Waals surface area (Å²) in [6.45, 7) is 0.169. The summed E-state index contributed by atoms with van der Waals surface area (Å²) >= 11 is 1.41. The van der Waals surface area contributed by atoms with Crippen LogP contribution in [0.1, 0.15) is 0 Å². The van der Waals surface area contributed by atoms with Crippen LogP contribution < -0.4 is 10.5 Å². The fraction of sp³-hybridized carbons (Fsp3) is 0.273. The average molecular weight is 288 g/mol. The Bertz CT molecular complexity index is 532. The van der Waals surface area contributed by atoms with Crippen molar-refractivity contribution < 1.29 is 12.8 Å². The summed E-state index contributed by atoms with van der Waals surface area (Å²) in [5.41, 5.74) is 5.36. The number of benzene rings is 1. The maximum absolute atomic E-state index is 13.4. The van der Waals surface area contributed by atoms with E-state index in [-0.39, 0.29) is 12.2 Å². The Morgan fingerprint density at radius 2 is 2.22 bits per heavy atom. The van der Waals surface area contributed by atoms with Crippen LogP contribution in [0.15, 0.2) is 23.1 Å². The Balaban J connectivity index is 2.73. The van der Waals surface area contributed by atoms with Crippen LogP contribution in [-0.2, 0) is 10.0 Å². The Labute approximate surface area is 110 Å². The van der Waals surface area contributed by atoms with Crippen LogP contribution in [0, 0.1) is 18.2 Å². The van der Waals surface area contributed by atoms with Gasteiger partial charge in [-0.25, -0.2) is 17.5 Å². The smallest absolute Gasteiger partial charge is 0.245 e. The van der Waals surface area contributed by atoms with Crippen molar-refractivity contribution in [2.24, 2.45) is 0 Å². The molecule has 0 amide bonds. The molecule has 0 saturated heterocycles. The molecule has 0 radical (unpaired) electrons. The number of nitrogen functional groups attached to an aromatic ring is 1. The molecular formula is C11H13FN2O2S2. The van der Waals surface area contributed by atoms with E-state index in [2.05, 4.69) is 10.6 Å². The highest BCUT2D eigenvalue weighted by molar-refractivity contribution is 7.99. The van der Waals surface area contributed by atoms with Gasteiger partial charge < -0.3 is 5.73 Å². The summed E-state index contributed by atoms with van der Waals surface area (Å²) in [5.74, 6) is 2.57. The molecule has 0 aliphatic rings. The summed E-state index contributed by atoms with van der Waals surface area (Å²) in [7, 11) is -3.92. The first kappa shape index (κ1) is 14.8. The van der Waals surface area contributed by atoms with E-state index in [4.69, 9.17) is 12.2 Å². The zero-order valence-corrected chi connectivity index (χ0v) is 11.2. The molecule has 1 aromatic rings. The highest BCUT2D eigenvalue weighted by Gasteiger charge is 2.21. The number of hydrogen-bond acceptors (Lipinski definition) is 4. The van der Waals surface area contributed by atoms with Crippen molar-refractivity contribution in [2.45, 2.75) is 4.90 Å². The summed E-state index contributed by atoms with van der Waals surface area (Å²) in [4.78, 5) is -0.507. The zero-order chi connectivity index (χ0) is 13.6. The molecule has 0 aliphatic carbocycles. The number of nitrogens with two attached hydrogens (primary N) is 1. The van der Waals surface area contributed by atoms with Gasteiger partial charge in [-0.15, -0.1) is 18.2 Å².